The maximum absolute atomic E-state index is 15.1. The third-order valence-electron chi connectivity index (χ3n) is 11.0. The van der Waals surface area contributed by atoms with Crippen LogP contribution in [0, 0.1) is 23.1 Å². The van der Waals surface area contributed by atoms with Gasteiger partial charge < -0.3 is 10.0 Å². The van der Waals surface area contributed by atoms with Gasteiger partial charge in [-0.05, 0) is 80.2 Å². The van der Waals surface area contributed by atoms with Crippen molar-refractivity contribution in [3.63, 3.8) is 0 Å². The first-order valence-electron chi connectivity index (χ1n) is 16.2. The van der Waals surface area contributed by atoms with E-state index in [0.717, 1.165) is 30.3 Å². The molecule has 49 heavy (non-hydrogen) atoms. The molecule has 6 nitrogen and oxygen atoms in total. The van der Waals surface area contributed by atoms with Crippen molar-refractivity contribution >= 4 is 21.7 Å². The molecule has 1 saturated carbocycles. The highest BCUT2D eigenvalue weighted by Gasteiger charge is 2.74. The van der Waals surface area contributed by atoms with Crippen LogP contribution in [0.3, 0.4) is 0 Å². The summed E-state index contributed by atoms with van der Waals surface area (Å²) in [4.78, 5) is 27.5. The number of carboxylic acid groups (broad SMARTS) is 1. The van der Waals surface area contributed by atoms with E-state index >= 15 is 4.39 Å². The minimum Gasteiger partial charge on any atom is -0.481 e. The molecule has 5 rings (SSSR count). The Morgan fingerprint density at radius 1 is 0.980 bits per heavy atom. The lowest BCUT2D eigenvalue weighted by atomic mass is 9.63. The van der Waals surface area contributed by atoms with Crippen molar-refractivity contribution in [1.82, 2.24) is 4.90 Å². The fraction of sp³-hybridized carbons (Fsp3) is 0.588. The number of halogens is 8. The fourth-order valence-corrected chi connectivity index (χ4v) is 11.0. The summed E-state index contributed by atoms with van der Waals surface area (Å²) >= 11 is 0. The maximum Gasteiger partial charge on any atom is 0.435 e. The Morgan fingerprint density at radius 2 is 1.65 bits per heavy atom. The standard InChI is InChI=1S/C34H37F8NO5S/c1-3-4-13-30(14-12-25(28(44)45)20(2)19-30)29(46)43-16-15-31(49(47,48)24-7-5-6-23(35)18-24)26-10-9-22(17-21(26)8-11-27(31)43)32(36,33(37,38)39)34(40,41)42/h5-7,9-10,17-18,20,25,27H,3-4,8,11-16,19H2,1-2H3,(H,44,45)/t20-,25+,27?,30-,31?/m1/s1. The van der Waals surface area contributed by atoms with E-state index in [1.165, 1.54) is 4.90 Å². The van der Waals surface area contributed by atoms with E-state index in [-0.39, 0.29) is 68.2 Å². The first-order chi connectivity index (χ1) is 22.7. The largest absolute Gasteiger partial charge is 0.481 e. The number of nitrogens with zero attached hydrogens (tertiary/aromatic N) is 1. The van der Waals surface area contributed by atoms with E-state index < -0.39 is 78.1 Å². The van der Waals surface area contributed by atoms with Gasteiger partial charge in [-0.25, -0.2) is 17.2 Å². The number of aryl methyl sites for hydroxylation is 1. The smallest absolute Gasteiger partial charge is 0.435 e. The molecule has 270 valence electrons. The molecule has 2 aromatic carbocycles. The summed E-state index contributed by atoms with van der Waals surface area (Å²) in [7, 11) is -4.72. The van der Waals surface area contributed by atoms with E-state index in [1.807, 2.05) is 6.92 Å². The van der Waals surface area contributed by atoms with Crippen molar-refractivity contribution in [1.29, 1.82) is 0 Å². The topological polar surface area (TPSA) is 91.8 Å². The second-order valence-corrected chi connectivity index (χ2v) is 15.9. The monoisotopic (exact) mass is 723 g/mol. The molecule has 15 heteroatoms. The number of unbranched alkanes of at least 4 members (excludes halogenated alkanes) is 1. The first-order valence-corrected chi connectivity index (χ1v) is 17.7. The molecule has 0 bridgehead atoms. The van der Waals surface area contributed by atoms with Crippen LogP contribution in [0.4, 0.5) is 35.1 Å². The van der Waals surface area contributed by atoms with Gasteiger partial charge in [0.25, 0.3) is 0 Å². The van der Waals surface area contributed by atoms with Crippen LogP contribution in [0.5, 0.6) is 0 Å². The van der Waals surface area contributed by atoms with Crippen molar-refractivity contribution in [2.45, 2.75) is 105 Å². The van der Waals surface area contributed by atoms with Crippen molar-refractivity contribution in [3.05, 3.63) is 65.0 Å². The minimum absolute atomic E-state index is 0.151. The molecule has 1 aliphatic heterocycles. The van der Waals surface area contributed by atoms with Gasteiger partial charge in [-0.2, -0.15) is 26.3 Å². The molecule has 0 aromatic heterocycles. The zero-order chi connectivity index (χ0) is 36.4. The summed E-state index contributed by atoms with van der Waals surface area (Å²) in [5.41, 5.74) is -8.96. The number of alkyl halides is 7. The predicted molar refractivity (Wildman–Crippen MR) is 161 cm³/mol. The van der Waals surface area contributed by atoms with Gasteiger partial charge in [0.1, 0.15) is 10.6 Å². The molecule has 1 heterocycles. The quantitative estimate of drug-likeness (QED) is 0.279. The second-order valence-electron chi connectivity index (χ2n) is 13.7. The molecule has 3 aliphatic rings. The Morgan fingerprint density at radius 3 is 2.22 bits per heavy atom. The highest BCUT2D eigenvalue weighted by Crippen LogP contribution is 2.58. The van der Waals surface area contributed by atoms with E-state index in [4.69, 9.17) is 0 Å². The summed E-state index contributed by atoms with van der Waals surface area (Å²) in [6, 6.07) is 4.31. The summed E-state index contributed by atoms with van der Waals surface area (Å²) in [5, 5.41) is 9.73. The molecule has 2 unspecified atom stereocenters. The molecule has 0 radical (unpaired) electrons. The van der Waals surface area contributed by atoms with Crippen LogP contribution in [0.15, 0.2) is 47.4 Å². The molecule has 0 spiro atoms. The summed E-state index contributed by atoms with van der Waals surface area (Å²) < 4.78 is 139. The molecule has 1 N–H and O–H groups in total. The van der Waals surface area contributed by atoms with Gasteiger partial charge in [0.05, 0.1) is 16.9 Å². The third kappa shape index (κ3) is 5.71. The van der Waals surface area contributed by atoms with Crippen molar-refractivity contribution < 1.29 is 58.2 Å². The van der Waals surface area contributed by atoms with Crippen LogP contribution in [0.1, 0.15) is 81.9 Å². The van der Waals surface area contributed by atoms with Crippen molar-refractivity contribution in [3.8, 4) is 0 Å². The summed E-state index contributed by atoms with van der Waals surface area (Å²) in [6.45, 7) is 3.52. The number of hydrogen-bond acceptors (Lipinski definition) is 4. The molecule has 2 fully saturated rings. The number of aliphatic carboxylic acids is 1. The van der Waals surface area contributed by atoms with Crippen LogP contribution >= 0.6 is 0 Å². The predicted octanol–water partition coefficient (Wildman–Crippen LogP) is 8.03. The number of amides is 1. The molecule has 2 aliphatic carbocycles. The highest BCUT2D eigenvalue weighted by atomic mass is 32.2. The Kier molecular flexibility index (Phi) is 9.46. The molecular formula is C34H37F8NO5S. The first kappa shape index (κ1) is 37.0. The lowest BCUT2D eigenvalue weighted by molar-refractivity contribution is -0.348. The molecular weight excluding hydrogens is 686 g/mol. The number of hydrogen-bond donors (Lipinski definition) is 1. The van der Waals surface area contributed by atoms with Gasteiger partial charge in [-0.1, -0.05) is 51.0 Å². The van der Waals surface area contributed by atoms with Gasteiger partial charge >= 0.3 is 24.0 Å². The maximum atomic E-state index is 15.1. The van der Waals surface area contributed by atoms with E-state index in [1.54, 1.807) is 6.92 Å². The minimum atomic E-state index is -6.39. The lowest BCUT2D eigenvalue weighted by Gasteiger charge is -2.47. The number of likely N-dealkylation sites (tertiary alicyclic amines) is 1. The third-order valence-corrected chi connectivity index (χ3v) is 13.6. The number of carbonyl (C=O) groups excluding carboxylic acids is 1. The van der Waals surface area contributed by atoms with Crippen LogP contribution in [-0.4, -0.2) is 55.2 Å². The average molecular weight is 724 g/mol. The number of benzene rings is 2. The van der Waals surface area contributed by atoms with Gasteiger partial charge in [-0.15, -0.1) is 0 Å². The molecule has 1 amide bonds. The fourth-order valence-electron chi connectivity index (χ4n) is 8.61. The average Bonchev–Trinajstić information content (AvgIpc) is 3.43. The Bertz CT molecular complexity index is 1710. The highest BCUT2D eigenvalue weighted by molar-refractivity contribution is 7.92. The van der Waals surface area contributed by atoms with Crippen LogP contribution in [0.2, 0.25) is 0 Å². The van der Waals surface area contributed by atoms with Gasteiger partial charge in [0.15, 0.2) is 9.84 Å². The number of rotatable bonds is 8. The van der Waals surface area contributed by atoms with Crippen LogP contribution < -0.4 is 0 Å². The van der Waals surface area contributed by atoms with Gasteiger partial charge in [0.2, 0.25) is 5.91 Å². The van der Waals surface area contributed by atoms with Crippen LogP contribution in [0.25, 0.3) is 0 Å². The zero-order valence-corrected chi connectivity index (χ0v) is 27.6. The Labute approximate surface area is 278 Å². The number of fused-ring (bicyclic) bond motifs is 3. The second kappa shape index (κ2) is 12.5. The van der Waals surface area contributed by atoms with E-state index in [0.29, 0.717) is 25.3 Å². The number of sulfone groups is 1. The lowest BCUT2D eigenvalue weighted by Crippen LogP contribution is -2.56. The van der Waals surface area contributed by atoms with Crippen molar-refractivity contribution in [2.24, 2.45) is 17.3 Å². The normalized spacial score (nSPS) is 27.8. The Hall–Kier alpha value is -3.23. The number of carboxylic acids is 1. The Balaban J connectivity index is 1.67. The van der Waals surface area contributed by atoms with Gasteiger partial charge in [-0.3, -0.25) is 9.59 Å². The molecule has 2 aromatic rings. The van der Waals surface area contributed by atoms with E-state index in [2.05, 4.69) is 0 Å². The van der Waals surface area contributed by atoms with Crippen molar-refractivity contribution in [2.75, 3.05) is 6.54 Å². The van der Waals surface area contributed by atoms with E-state index in [9.17, 15) is 53.8 Å². The SMILES string of the molecule is CCCC[C@@]1(C(=O)N2CCC3(S(=O)(=O)c4cccc(F)c4)c4ccc(C(F)(C(F)(F)F)C(F)(F)F)cc4CCC23)CC[C@H](C(=O)O)[C@H](C)C1. The van der Waals surface area contributed by atoms with Crippen LogP contribution in [-0.2, 0) is 36.3 Å². The molecule has 5 atom stereocenters. The number of carbonyl (C=O) groups is 2. The van der Waals surface area contributed by atoms with Gasteiger partial charge in [0, 0.05) is 17.5 Å². The zero-order valence-electron chi connectivity index (χ0n) is 26.8. The molecule has 1 saturated heterocycles. The summed E-state index contributed by atoms with van der Waals surface area (Å²) in [6.07, 6.45) is -11.2. The summed E-state index contributed by atoms with van der Waals surface area (Å²) in [5.74, 6) is -3.35.